The predicted octanol–water partition coefficient (Wildman–Crippen LogP) is 11.2. The van der Waals surface area contributed by atoms with Gasteiger partial charge in [-0.15, -0.1) is 0 Å². The van der Waals surface area contributed by atoms with E-state index in [9.17, 15) is 9.59 Å². The highest BCUT2D eigenvalue weighted by Crippen LogP contribution is 2.50. The molecule has 8 heteroatoms. The van der Waals surface area contributed by atoms with E-state index in [-0.39, 0.29) is 48.0 Å². The van der Waals surface area contributed by atoms with Crippen molar-refractivity contribution in [2.24, 2.45) is 0 Å². The van der Waals surface area contributed by atoms with Gasteiger partial charge in [-0.05, 0) is 76.7 Å². The lowest BCUT2D eigenvalue weighted by atomic mass is 9.79. The number of amides is 2. The molecule has 308 valence electrons. The largest absolute Gasteiger partial charge is 0.349 e. The van der Waals surface area contributed by atoms with Crippen LogP contribution < -0.4 is 15.5 Å². The van der Waals surface area contributed by atoms with Crippen molar-refractivity contribution in [1.82, 2.24) is 15.6 Å². The quantitative estimate of drug-likeness (QED) is 0.0817. The van der Waals surface area contributed by atoms with Crippen LogP contribution in [0, 0.1) is 0 Å². The molecule has 1 aromatic heterocycles. The summed E-state index contributed by atoms with van der Waals surface area (Å²) in [4.78, 5) is 34.3. The van der Waals surface area contributed by atoms with Gasteiger partial charge in [-0.2, -0.15) is 4.58 Å². The van der Waals surface area contributed by atoms with Gasteiger partial charge in [0, 0.05) is 70.6 Å². The molecule has 9 rings (SSSR count). The number of fused-ring (bicyclic) bond motifs is 7. The van der Waals surface area contributed by atoms with Crippen LogP contribution in [0.4, 0.5) is 11.4 Å². The van der Waals surface area contributed by atoms with Crippen LogP contribution in [0.2, 0.25) is 5.02 Å². The number of hydrogen-bond acceptors (Lipinski definition) is 4. The average Bonchev–Trinajstić information content (AvgIpc) is 3.61. The minimum atomic E-state index is -0.390. The first-order chi connectivity index (χ1) is 29.9. The molecule has 0 atom stereocenters. The topological polar surface area (TPSA) is 77.3 Å². The third-order valence-electron chi connectivity index (χ3n) is 12.5. The number of halogens is 1. The molecule has 0 aliphatic carbocycles. The summed E-state index contributed by atoms with van der Waals surface area (Å²) < 4.78 is 2.13. The summed E-state index contributed by atoms with van der Waals surface area (Å²) in [7, 11) is 2.15. The third-order valence-corrected chi connectivity index (χ3v) is 12.8. The Morgan fingerprint density at radius 2 is 1.32 bits per heavy atom. The van der Waals surface area contributed by atoms with E-state index in [1.807, 2.05) is 48.5 Å². The molecule has 0 bridgehead atoms. The highest BCUT2D eigenvalue weighted by atomic mass is 35.5. The van der Waals surface area contributed by atoms with E-state index < -0.39 is 0 Å². The van der Waals surface area contributed by atoms with E-state index in [1.165, 1.54) is 38.7 Å². The van der Waals surface area contributed by atoms with Gasteiger partial charge in [-0.1, -0.05) is 141 Å². The number of aromatic nitrogens is 1. The van der Waals surface area contributed by atoms with Crippen molar-refractivity contribution in [1.29, 1.82) is 0 Å². The van der Waals surface area contributed by atoms with Gasteiger partial charge in [0.25, 0.3) is 11.8 Å². The number of likely N-dealkylation sites (N-methyl/N-ethyl adjacent to an activating group) is 1. The van der Waals surface area contributed by atoms with E-state index in [2.05, 4.69) is 158 Å². The second kappa shape index (κ2) is 16.2. The van der Waals surface area contributed by atoms with Crippen molar-refractivity contribution in [3.63, 3.8) is 0 Å². The number of hydrogen-bond donors (Lipinski definition) is 2. The Labute approximate surface area is 367 Å². The fraction of sp³-hybridized carbons (Fsp3) is 0.185. The number of carbonyl (C=O) groups excluding carboxylic acids is 2. The van der Waals surface area contributed by atoms with Crippen LogP contribution in [0.5, 0.6) is 0 Å². The van der Waals surface area contributed by atoms with Crippen molar-refractivity contribution < 1.29 is 14.2 Å². The van der Waals surface area contributed by atoms with Crippen LogP contribution in [-0.4, -0.2) is 53.8 Å². The number of pyridine rings is 1. The number of allylic oxidation sites excluding steroid dienone is 6. The van der Waals surface area contributed by atoms with Gasteiger partial charge >= 0.3 is 0 Å². The van der Waals surface area contributed by atoms with Crippen LogP contribution in [0.15, 0.2) is 163 Å². The second-order valence-corrected chi connectivity index (χ2v) is 17.5. The molecule has 0 saturated heterocycles. The second-order valence-electron chi connectivity index (χ2n) is 17.1. The monoisotopic (exact) mass is 834 g/mol. The molecule has 0 fully saturated rings. The third kappa shape index (κ3) is 7.16. The Balaban J connectivity index is 0.929. The first-order valence-corrected chi connectivity index (χ1v) is 21.5. The van der Waals surface area contributed by atoms with E-state index in [0.29, 0.717) is 10.7 Å². The molecule has 7 aromatic rings. The standard InChI is InChI=1S/C54H48ClN5O2/c1-53(2)46(59(5)44-29-27-35-17-9-12-20-38(35)49(44)53)25-7-6-8-26-47-54(3,4)50-39-21-13-10-18-36(39)28-30-45(50)60(47)34-48(61)56-31-32-57-52(62)43-33-37-19-11-14-22-40(37)51(58-43)41-23-15-16-24-42(41)55/h6-30,33H,31-32,34H2,1-5H3,(H-,56,57,61,62)/p+1. The highest BCUT2D eigenvalue weighted by Gasteiger charge is 2.46. The maximum atomic E-state index is 13.8. The maximum absolute atomic E-state index is 13.8. The minimum Gasteiger partial charge on any atom is -0.349 e. The Hall–Kier alpha value is -6.83. The molecule has 2 N–H and O–H groups in total. The fourth-order valence-electron chi connectivity index (χ4n) is 9.60. The van der Waals surface area contributed by atoms with Gasteiger partial charge in [-0.3, -0.25) is 9.59 Å². The molecule has 6 aromatic carbocycles. The smallest absolute Gasteiger partial charge is 0.286 e. The van der Waals surface area contributed by atoms with Crippen LogP contribution in [0.1, 0.15) is 49.3 Å². The molecule has 7 nitrogen and oxygen atoms in total. The van der Waals surface area contributed by atoms with E-state index >= 15 is 0 Å². The summed E-state index contributed by atoms with van der Waals surface area (Å²) in [6.45, 7) is 9.66. The molecule has 62 heavy (non-hydrogen) atoms. The van der Waals surface area contributed by atoms with Crippen LogP contribution in [-0.2, 0) is 15.6 Å². The average molecular weight is 835 g/mol. The zero-order valence-corrected chi connectivity index (χ0v) is 36.4. The molecule has 2 amide bonds. The van der Waals surface area contributed by atoms with Crippen molar-refractivity contribution in [3.05, 3.63) is 185 Å². The normalized spacial score (nSPS) is 16.0. The maximum Gasteiger partial charge on any atom is 0.286 e. The summed E-state index contributed by atoms with van der Waals surface area (Å²) in [5.41, 5.74) is 8.16. The number of rotatable bonds is 10. The summed E-state index contributed by atoms with van der Waals surface area (Å²) in [5, 5.41) is 13.2. The number of nitrogens with one attached hydrogen (secondary N) is 2. The summed E-state index contributed by atoms with van der Waals surface area (Å²) in [5.74, 6) is -0.475. The van der Waals surface area contributed by atoms with Gasteiger partial charge in [0.15, 0.2) is 5.71 Å². The molecule has 0 saturated carbocycles. The fourth-order valence-corrected chi connectivity index (χ4v) is 9.82. The Morgan fingerprint density at radius 3 is 2.06 bits per heavy atom. The zero-order chi connectivity index (χ0) is 43.2. The van der Waals surface area contributed by atoms with Gasteiger partial charge in [0.05, 0.1) is 11.1 Å². The first kappa shape index (κ1) is 40.6. The molecule has 2 aliphatic rings. The predicted molar refractivity (Wildman–Crippen MR) is 256 cm³/mol. The highest BCUT2D eigenvalue weighted by molar-refractivity contribution is 6.33. The van der Waals surface area contributed by atoms with Crippen molar-refractivity contribution >= 4 is 72.8 Å². The number of carbonyl (C=O) groups is 2. The molecule has 0 spiro atoms. The van der Waals surface area contributed by atoms with Crippen molar-refractivity contribution in [3.8, 4) is 11.3 Å². The van der Waals surface area contributed by atoms with Gasteiger partial charge < -0.3 is 15.5 Å². The lowest BCUT2D eigenvalue weighted by Crippen LogP contribution is -2.38. The Kier molecular flexibility index (Phi) is 10.6. The first-order valence-electron chi connectivity index (χ1n) is 21.1. The SMILES string of the molecule is CN1/C(=C/C=C/C=C/C2=[N+](CC(=O)NCCNC(=O)c3cc4ccccc4c(-c4ccccc4Cl)n3)c3ccc4ccccc4c3C2(C)C)C(C)(C)c2c1ccc1ccccc21. The van der Waals surface area contributed by atoms with Gasteiger partial charge in [-0.25, -0.2) is 4.98 Å². The van der Waals surface area contributed by atoms with Crippen molar-refractivity contribution in [2.45, 2.75) is 38.5 Å². The van der Waals surface area contributed by atoms with Gasteiger partial charge in [0.2, 0.25) is 12.2 Å². The summed E-state index contributed by atoms with van der Waals surface area (Å²) in [6, 6.07) is 42.8. The Morgan fingerprint density at radius 1 is 0.694 bits per heavy atom. The number of benzene rings is 6. The summed E-state index contributed by atoms with van der Waals surface area (Å²) in [6.07, 6.45) is 10.6. The molecule has 2 aliphatic heterocycles. The van der Waals surface area contributed by atoms with E-state index in [4.69, 9.17) is 16.6 Å². The zero-order valence-electron chi connectivity index (χ0n) is 35.7. The molecule has 3 heterocycles. The van der Waals surface area contributed by atoms with Crippen LogP contribution in [0.3, 0.4) is 0 Å². The minimum absolute atomic E-state index is 0.120. The molecule has 0 radical (unpaired) electrons. The lowest BCUT2D eigenvalue weighted by Gasteiger charge is -2.24. The number of anilines is 1. The summed E-state index contributed by atoms with van der Waals surface area (Å²) >= 11 is 6.57. The molecule has 0 unspecified atom stereocenters. The van der Waals surface area contributed by atoms with E-state index in [0.717, 1.165) is 33.1 Å². The van der Waals surface area contributed by atoms with Gasteiger partial charge in [0.1, 0.15) is 5.69 Å². The molecular weight excluding hydrogens is 786 g/mol. The molecular formula is C54H49ClN5O2+. The van der Waals surface area contributed by atoms with E-state index in [1.54, 1.807) is 6.07 Å². The lowest BCUT2D eigenvalue weighted by molar-refractivity contribution is -0.425. The Bertz CT molecular complexity index is 3080. The van der Waals surface area contributed by atoms with Crippen LogP contribution >= 0.6 is 11.6 Å². The van der Waals surface area contributed by atoms with Crippen molar-refractivity contribution in [2.75, 3.05) is 31.6 Å². The van der Waals surface area contributed by atoms with Crippen LogP contribution in [0.25, 0.3) is 43.6 Å². The number of nitrogens with zero attached hydrogens (tertiary/aromatic N) is 3.